The van der Waals surface area contributed by atoms with Crippen LogP contribution in [0.5, 0.6) is 0 Å². The quantitative estimate of drug-likeness (QED) is 0.853. The van der Waals surface area contributed by atoms with Gasteiger partial charge in [-0.05, 0) is 63.1 Å². The van der Waals surface area contributed by atoms with Crippen LogP contribution in [0.15, 0.2) is 24.3 Å². The van der Waals surface area contributed by atoms with Gasteiger partial charge in [-0.15, -0.1) is 0 Å². The van der Waals surface area contributed by atoms with Crippen molar-refractivity contribution in [3.8, 4) is 0 Å². The highest BCUT2D eigenvalue weighted by molar-refractivity contribution is 5.89. The molecule has 2 heterocycles. The van der Waals surface area contributed by atoms with Crippen molar-refractivity contribution in [2.45, 2.75) is 88.9 Å². The standard InChI is InChI=1S/C21H31N3O/c1-15-6-4-7-16(12-15)22-21(25)23-17-13-19-10-5-11-20(14-17)24(19)18-8-2-3-9-18/h4,6-7,12,17-20H,2-3,5,8-11,13-14H2,1H3,(H2,22,23,25)/t19-,20-/m1/s1. The Labute approximate surface area is 151 Å². The van der Waals surface area contributed by atoms with Crippen LogP contribution in [-0.2, 0) is 0 Å². The number of carbonyl (C=O) groups is 1. The third kappa shape index (κ3) is 3.84. The Morgan fingerprint density at radius 3 is 2.36 bits per heavy atom. The van der Waals surface area contributed by atoms with Gasteiger partial charge in [0.15, 0.2) is 0 Å². The predicted octanol–water partition coefficient (Wildman–Crippen LogP) is 4.44. The summed E-state index contributed by atoms with van der Waals surface area (Å²) in [6.45, 7) is 2.04. The van der Waals surface area contributed by atoms with Gasteiger partial charge >= 0.3 is 6.03 Å². The van der Waals surface area contributed by atoms with E-state index in [0.717, 1.165) is 30.1 Å². The molecule has 136 valence electrons. The van der Waals surface area contributed by atoms with E-state index in [0.29, 0.717) is 18.1 Å². The molecule has 2 N–H and O–H groups in total. The van der Waals surface area contributed by atoms with E-state index in [1.165, 1.54) is 44.9 Å². The van der Waals surface area contributed by atoms with Crippen molar-refractivity contribution in [2.75, 3.05) is 5.32 Å². The van der Waals surface area contributed by atoms with Crippen LogP contribution >= 0.6 is 0 Å². The van der Waals surface area contributed by atoms with Crippen LogP contribution in [0.2, 0.25) is 0 Å². The predicted molar refractivity (Wildman–Crippen MR) is 102 cm³/mol. The summed E-state index contributed by atoms with van der Waals surface area (Å²) in [5.41, 5.74) is 2.04. The van der Waals surface area contributed by atoms with Gasteiger partial charge in [-0.2, -0.15) is 0 Å². The maximum Gasteiger partial charge on any atom is 0.319 e. The first-order chi connectivity index (χ1) is 12.2. The lowest BCUT2D eigenvalue weighted by Gasteiger charge is -2.51. The zero-order valence-electron chi connectivity index (χ0n) is 15.3. The average molecular weight is 341 g/mol. The topological polar surface area (TPSA) is 44.4 Å². The fourth-order valence-corrected chi connectivity index (χ4v) is 5.41. The number of nitrogens with zero attached hydrogens (tertiary/aromatic N) is 1. The maximum atomic E-state index is 12.4. The minimum absolute atomic E-state index is 0.0528. The second kappa shape index (κ2) is 7.36. The van der Waals surface area contributed by atoms with E-state index < -0.39 is 0 Å². The molecule has 4 nitrogen and oxygen atoms in total. The number of hydrogen-bond donors (Lipinski definition) is 2. The molecule has 2 saturated heterocycles. The Morgan fingerprint density at radius 2 is 1.68 bits per heavy atom. The molecule has 4 heteroatoms. The van der Waals surface area contributed by atoms with Crippen molar-refractivity contribution in [3.05, 3.63) is 29.8 Å². The van der Waals surface area contributed by atoms with Crippen LogP contribution in [0.25, 0.3) is 0 Å². The monoisotopic (exact) mass is 341 g/mol. The first-order valence-corrected chi connectivity index (χ1v) is 10.1. The van der Waals surface area contributed by atoms with Crippen molar-refractivity contribution in [3.63, 3.8) is 0 Å². The molecule has 2 atom stereocenters. The molecule has 1 aromatic rings. The van der Waals surface area contributed by atoms with E-state index in [-0.39, 0.29) is 6.03 Å². The van der Waals surface area contributed by atoms with E-state index in [9.17, 15) is 4.79 Å². The molecule has 2 bridgehead atoms. The van der Waals surface area contributed by atoms with E-state index >= 15 is 0 Å². The molecule has 1 aliphatic carbocycles. The largest absolute Gasteiger partial charge is 0.335 e. The molecule has 0 aromatic heterocycles. The van der Waals surface area contributed by atoms with E-state index in [1.807, 2.05) is 31.2 Å². The van der Waals surface area contributed by atoms with Gasteiger partial charge in [0.05, 0.1) is 0 Å². The molecule has 2 aliphatic heterocycles. The number of urea groups is 1. The molecule has 25 heavy (non-hydrogen) atoms. The smallest absolute Gasteiger partial charge is 0.319 e. The minimum atomic E-state index is -0.0528. The second-order valence-corrected chi connectivity index (χ2v) is 8.26. The van der Waals surface area contributed by atoms with Gasteiger partial charge in [0.25, 0.3) is 0 Å². The van der Waals surface area contributed by atoms with Gasteiger partial charge in [0.1, 0.15) is 0 Å². The van der Waals surface area contributed by atoms with Gasteiger partial charge < -0.3 is 10.6 Å². The minimum Gasteiger partial charge on any atom is -0.335 e. The number of carbonyl (C=O) groups excluding carboxylic acids is 1. The van der Waals surface area contributed by atoms with E-state index in [4.69, 9.17) is 0 Å². The van der Waals surface area contributed by atoms with Crippen LogP contribution in [0.3, 0.4) is 0 Å². The molecule has 3 aliphatic rings. The summed E-state index contributed by atoms with van der Waals surface area (Å²) in [6, 6.07) is 10.4. The molecule has 3 fully saturated rings. The van der Waals surface area contributed by atoms with Crippen molar-refractivity contribution in [1.29, 1.82) is 0 Å². The van der Waals surface area contributed by atoms with Gasteiger partial charge in [-0.3, -0.25) is 4.90 Å². The van der Waals surface area contributed by atoms with Crippen LogP contribution < -0.4 is 10.6 Å². The Kier molecular flexibility index (Phi) is 4.98. The van der Waals surface area contributed by atoms with Gasteiger partial charge in [0.2, 0.25) is 0 Å². The first kappa shape index (κ1) is 16.9. The highest BCUT2D eigenvalue weighted by Crippen LogP contribution is 2.39. The van der Waals surface area contributed by atoms with Crippen molar-refractivity contribution in [1.82, 2.24) is 10.2 Å². The molecule has 1 aromatic carbocycles. The summed E-state index contributed by atoms with van der Waals surface area (Å²) in [6.07, 6.45) is 11.8. The second-order valence-electron chi connectivity index (χ2n) is 8.26. The van der Waals surface area contributed by atoms with Crippen LogP contribution in [-0.4, -0.2) is 35.1 Å². The normalized spacial score (nSPS) is 30.2. The SMILES string of the molecule is Cc1cccc(NC(=O)NC2C[C@H]3CCC[C@H](C2)N3C2CCCC2)c1. The number of nitrogens with one attached hydrogen (secondary N) is 2. The maximum absolute atomic E-state index is 12.4. The number of anilines is 1. The molecule has 4 rings (SSSR count). The molecule has 0 radical (unpaired) electrons. The molecule has 1 saturated carbocycles. The molecular formula is C21H31N3O. The number of benzene rings is 1. The lowest BCUT2D eigenvalue weighted by Crippen LogP contribution is -2.59. The zero-order valence-corrected chi connectivity index (χ0v) is 15.3. The summed E-state index contributed by atoms with van der Waals surface area (Å²) in [5.74, 6) is 0. The summed E-state index contributed by atoms with van der Waals surface area (Å²) in [5, 5.41) is 6.25. The van der Waals surface area contributed by atoms with Crippen molar-refractivity contribution < 1.29 is 4.79 Å². The van der Waals surface area contributed by atoms with Crippen LogP contribution in [0, 0.1) is 6.92 Å². The summed E-state index contributed by atoms with van der Waals surface area (Å²) in [7, 11) is 0. The van der Waals surface area contributed by atoms with Gasteiger partial charge in [-0.25, -0.2) is 4.79 Å². The summed E-state index contributed by atoms with van der Waals surface area (Å²) in [4.78, 5) is 15.3. The molecule has 2 amide bonds. The van der Waals surface area contributed by atoms with Gasteiger partial charge in [-0.1, -0.05) is 31.4 Å². The summed E-state index contributed by atoms with van der Waals surface area (Å²) < 4.78 is 0. The Hall–Kier alpha value is -1.55. The Bertz CT molecular complexity index is 597. The molecular weight excluding hydrogens is 310 g/mol. The third-order valence-corrected chi connectivity index (χ3v) is 6.39. The number of rotatable bonds is 3. The zero-order chi connectivity index (χ0) is 17.2. The first-order valence-electron chi connectivity index (χ1n) is 10.1. The van der Waals surface area contributed by atoms with Crippen LogP contribution in [0.1, 0.15) is 63.4 Å². The Morgan fingerprint density at radius 1 is 1.00 bits per heavy atom. The summed E-state index contributed by atoms with van der Waals surface area (Å²) >= 11 is 0. The van der Waals surface area contributed by atoms with Crippen molar-refractivity contribution in [2.24, 2.45) is 0 Å². The average Bonchev–Trinajstić information content (AvgIpc) is 3.08. The number of hydrogen-bond acceptors (Lipinski definition) is 2. The van der Waals surface area contributed by atoms with Crippen molar-refractivity contribution >= 4 is 11.7 Å². The highest BCUT2D eigenvalue weighted by Gasteiger charge is 2.42. The number of fused-ring (bicyclic) bond motifs is 2. The highest BCUT2D eigenvalue weighted by atomic mass is 16.2. The lowest BCUT2D eigenvalue weighted by atomic mass is 9.80. The number of amides is 2. The lowest BCUT2D eigenvalue weighted by molar-refractivity contribution is -0.00680. The van der Waals surface area contributed by atoms with Crippen LogP contribution in [0.4, 0.5) is 10.5 Å². The third-order valence-electron chi connectivity index (χ3n) is 6.39. The molecule has 0 spiro atoms. The number of piperidine rings is 2. The Balaban J connectivity index is 1.35. The van der Waals surface area contributed by atoms with E-state index in [1.54, 1.807) is 0 Å². The fourth-order valence-electron chi connectivity index (χ4n) is 5.41. The molecule has 0 unspecified atom stereocenters. The van der Waals surface area contributed by atoms with Gasteiger partial charge in [0, 0.05) is 29.9 Å². The fraction of sp³-hybridized carbons (Fsp3) is 0.667. The van der Waals surface area contributed by atoms with E-state index in [2.05, 4.69) is 15.5 Å². The number of aryl methyl sites for hydroxylation is 1.